The van der Waals surface area contributed by atoms with Gasteiger partial charge in [-0.1, -0.05) is 24.3 Å². The zero-order valence-electron chi connectivity index (χ0n) is 17.4. The number of amides is 2. The molecular formula is C23H28N4O3S. The minimum atomic E-state index is -0.308. The van der Waals surface area contributed by atoms with Crippen molar-refractivity contribution in [3.05, 3.63) is 52.7 Å². The van der Waals surface area contributed by atoms with Gasteiger partial charge < -0.3 is 10.1 Å². The van der Waals surface area contributed by atoms with Crippen molar-refractivity contribution in [2.24, 2.45) is 11.8 Å². The minimum Gasteiger partial charge on any atom is -0.377 e. The van der Waals surface area contributed by atoms with E-state index in [0.717, 1.165) is 36.6 Å². The number of piperidine rings is 1. The van der Waals surface area contributed by atoms with Gasteiger partial charge in [0.25, 0.3) is 0 Å². The van der Waals surface area contributed by atoms with Crippen LogP contribution in [0.15, 0.2) is 47.8 Å². The van der Waals surface area contributed by atoms with Crippen LogP contribution in [0.3, 0.4) is 0 Å². The molecule has 2 amide bonds. The van der Waals surface area contributed by atoms with Gasteiger partial charge in [-0.25, -0.2) is 10.4 Å². The molecule has 2 N–H and O–H groups in total. The molecule has 4 unspecified atom stereocenters. The minimum absolute atomic E-state index is 0.00403. The molecule has 1 aromatic heterocycles. The van der Waals surface area contributed by atoms with Gasteiger partial charge in [0.1, 0.15) is 0 Å². The summed E-state index contributed by atoms with van der Waals surface area (Å²) in [5.74, 6) is -0.537. The average molecular weight is 441 g/mol. The topological polar surface area (TPSA) is 73.9 Å². The quantitative estimate of drug-likeness (QED) is 0.719. The number of carbonyl (C=O) groups is 2. The molecular weight excluding hydrogens is 412 g/mol. The Hall–Kier alpha value is -2.26. The zero-order chi connectivity index (χ0) is 21.2. The van der Waals surface area contributed by atoms with Crippen LogP contribution in [0, 0.1) is 11.8 Å². The lowest BCUT2D eigenvalue weighted by Crippen LogP contribution is -2.57. The Morgan fingerprint density at radius 2 is 2.06 bits per heavy atom. The lowest BCUT2D eigenvalue weighted by atomic mass is 9.83. The van der Waals surface area contributed by atoms with Gasteiger partial charge in [0.15, 0.2) is 0 Å². The maximum atomic E-state index is 13.3. The first-order valence-electron chi connectivity index (χ1n) is 11.0. The number of nitrogens with one attached hydrogen (secondary N) is 2. The number of anilines is 1. The standard InChI is InChI=1S/C23H28N4O3S/c28-22(24-12-18-9-5-11-31-18)19-14-26(13-17-8-4-10-30-17)15-20-21(19)25-27(23(20)29)16-6-2-1-3-7-16/h1-3,5-7,9,11,17,19-21,25H,4,8,10,12-15H2,(H,24,28). The third-order valence-corrected chi connectivity index (χ3v) is 7.32. The monoisotopic (exact) mass is 440 g/mol. The van der Waals surface area contributed by atoms with Crippen molar-refractivity contribution < 1.29 is 14.3 Å². The van der Waals surface area contributed by atoms with E-state index >= 15 is 0 Å². The molecule has 164 valence electrons. The van der Waals surface area contributed by atoms with Crippen LogP contribution in [0.5, 0.6) is 0 Å². The Morgan fingerprint density at radius 3 is 2.81 bits per heavy atom. The number of benzene rings is 1. The first-order valence-corrected chi connectivity index (χ1v) is 11.9. The van der Waals surface area contributed by atoms with Crippen molar-refractivity contribution in [2.75, 3.05) is 31.3 Å². The molecule has 3 aliphatic heterocycles. The predicted molar refractivity (Wildman–Crippen MR) is 119 cm³/mol. The maximum absolute atomic E-state index is 13.3. The van der Waals surface area contributed by atoms with Crippen LogP contribution in [0.1, 0.15) is 17.7 Å². The summed E-state index contributed by atoms with van der Waals surface area (Å²) >= 11 is 1.63. The normalized spacial score (nSPS) is 28.6. The van der Waals surface area contributed by atoms with Crippen molar-refractivity contribution in [3.63, 3.8) is 0 Å². The number of rotatable bonds is 6. The summed E-state index contributed by atoms with van der Waals surface area (Å²) in [4.78, 5) is 29.9. The second-order valence-electron chi connectivity index (χ2n) is 8.53. The summed E-state index contributed by atoms with van der Waals surface area (Å²) in [6, 6.07) is 13.4. The lowest BCUT2D eigenvalue weighted by Gasteiger charge is -2.39. The molecule has 4 heterocycles. The molecule has 3 aliphatic rings. The van der Waals surface area contributed by atoms with Crippen molar-refractivity contribution in [1.82, 2.24) is 15.6 Å². The van der Waals surface area contributed by atoms with Gasteiger partial charge in [-0.2, -0.15) is 0 Å². The van der Waals surface area contributed by atoms with Crippen molar-refractivity contribution in [2.45, 2.75) is 31.5 Å². The lowest BCUT2D eigenvalue weighted by molar-refractivity contribution is -0.130. The Kier molecular flexibility index (Phi) is 6.04. The molecule has 3 saturated heterocycles. The molecule has 1 aromatic carbocycles. The first-order chi connectivity index (χ1) is 15.2. The second-order valence-corrected chi connectivity index (χ2v) is 9.56. The highest BCUT2D eigenvalue weighted by Crippen LogP contribution is 2.32. The van der Waals surface area contributed by atoms with Crippen LogP contribution in [0.4, 0.5) is 5.69 Å². The Morgan fingerprint density at radius 1 is 1.19 bits per heavy atom. The van der Waals surface area contributed by atoms with Crippen LogP contribution < -0.4 is 15.8 Å². The van der Waals surface area contributed by atoms with E-state index in [9.17, 15) is 9.59 Å². The summed E-state index contributed by atoms with van der Waals surface area (Å²) in [7, 11) is 0. The van der Waals surface area contributed by atoms with E-state index in [1.165, 1.54) is 0 Å². The van der Waals surface area contributed by atoms with Crippen LogP contribution in [0.2, 0.25) is 0 Å². The van der Waals surface area contributed by atoms with Crippen molar-refractivity contribution in [1.29, 1.82) is 0 Å². The van der Waals surface area contributed by atoms with Gasteiger partial charge in [0.05, 0.1) is 36.2 Å². The highest BCUT2D eigenvalue weighted by atomic mass is 32.1. The first kappa shape index (κ1) is 20.6. The highest BCUT2D eigenvalue weighted by Gasteiger charge is 2.51. The molecule has 0 saturated carbocycles. The third kappa shape index (κ3) is 4.39. The number of thiophene rings is 1. The fourth-order valence-corrected chi connectivity index (χ4v) is 5.54. The van der Waals surface area contributed by atoms with Gasteiger partial charge in [-0.3, -0.25) is 14.5 Å². The molecule has 5 rings (SSSR count). The van der Waals surface area contributed by atoms with Crippen LogP contribution in [0.25, 0.3) is 0 Å². The van der Waals surface area contributed by atoms with Crippen LogP contribution in [-0.4, -0.2) is 55.1 Å². The molecule has 7 nitrogen and oxygen atoms in total. The average Bonchev–Trinajstić information content (AvgIpc) is 3.55. The Balaban J connectivity index is 1.34. The van der Waals surface area contributed by atoms with E-state index in [2.05, 4.69) is 15.6 Å². The van der Waals surface area contributed by atoms with Gasteiger partial charge >= 0.3 is 0 Å². The number of hydrogen-bond donors (Lipinski definition) is 2. The molecule has 0 aliphatic carbocycles. The summed E-state index contributed by atoms with van der Waals surface area (Å²) in [6.45, 7) is 3.37. The van der Waals surface area contributed by atoms with E-state index < -0.39 is 0 Å². The highest BCUT2D eigenvalue weighted by molar-refractivity contribution is 7.09. The van der Waals surface area contributed by atoms with Crippen LogP contribution >= 0.6 is 11.3 Å². The largest absolute Gasteiger partial charge is 0.377 e. The fraction of sp³-hybridized carbons (Fsp3) is 0.478. The smallest absolute Gasteiger partial charge is 0.247 e. The zero-order valence-corrected chi connectivity index (χ0v) is 18.2. The molecule has 4 atom stereocenters. The van der Waals surface area contributed by atoms with E-state index in [4.69, 9.17) is 4.74 Å². The SMILES string of the molecule is O=C(NCc1cccs1)C1CN(CC2CCCO2)CC2C(=O)N(c3ccccc3)NC12. The number of ether oxygens (including phenoxy) is 1. The van der Waals surface area contributed by atoms with E-state index in [1.54, 1.807) is 16.3 Å². The van der Waals surface area contributed by atoms with Gasteiger partial charge in [-0.05, 0) is 36.4 Å². The van der Waals surface area contributed by atoms with Gasteiger partial charge in [0, 0.05) is 31.1 Å². The molecule has 31 heavy (non-hydrogen) atoms. The summed E-state index contributed by atoms with van der Waals surface area (Å²) < 4.78 is 5.82. The molecule has 8 heteroatoms. The molecule has 0 radical (unpaired) electrons. The van der Waals surface area contributed by atoms with E-state index in [-0.39, 0.29) is 35.8 Å². The van der Waals surface area contributed by atoms with Crippen molar-refractivity contribution in [3.8, 4) is 0 Å². The Bertz CT molecular complexity index is 901. The van der Waals surface area contributed by atoms with Crippen LogP contribution in [-0.2, 0) is 20.9 Å². The summed E-state index contributed by atoms with van der Waals surface area (Å²) in [6.07, 6.45) is 2.32. The number of para-hydroxylation sites is 1. The van der Waals surface area contributed by atoms with E-state index in [1.807, 2.05) is 47.8 Å². The number of nitrogens with zero attached hydrogens (tertiary/aromatic N) is 2. The molecule has 0 spiro atoms. The number of fused-ring (bicyclic) bond motifs is 1. The number of likely N-dealkylation sites (tertiary alicyclic amines) is 1. The van der Waals surface area contributed by atoms with Gasteiger partial charge in [0.2, 0.25) is 11.8 Å². The van der Waals surface area contributed by atoms with Gasteiger partial charge in [-0.15, -0.1) is 11.3 Å². The summed E-state index contributed by atoms with van der Waals surface area (Å²) in [5.41, 5.74) is 4.18. The fourth-order valence-electron chi connectivity index (χ4n) is 4.90. The predicted octanol–water partition coefficient (Wildman–Crippen LogP) is 2.01. The Labute approximate surface area is 186 Å². The third-order valence-electron chi connectivity index (χ3n) is 6.45. The second kappa shape index (κ2) is 9.08. The maximum Gasteiger partial charge on any atom is 0.247 e. The number of hydrogen-bond acceptors (Lipinski definition) is 6. The summed E-state index contributed by atoms with van der Waals surface area (Å²) in [5, 5.41) is 6.73. The number of hydrazine groups is 1. The molecule has 2 aromatic rings. The molecule has 0 bridgehead atoms. The van der Waals surface area contributed by atoms with Crippen molar-refractivity contribution >= 4 is 28.8 Å². The number of carbonyl (C=O) groups excluding carboxylic acids is 2. The van der Waals surface area contributed by atoms with E-state index in [0.29, 0.717) is 19.6 Å². The molecule has 3 fully saturated rings.